The maximum Gasteiger partial charge on any atom is 0.251 e. The van der Waals surface area contributed by atoms with E-state index in [0.717, 1.165) is 18.4 Å². The molecule has 1 aliphatic rings. The molecule has 8 nitrogen and oxygen atoms in total. The van der Waals surface area contributed by atoms with Crippen LogP contribution in [-0.2, 0) is 24.1 Å². The second-order valence-corrected chi connectivity index (χ2v) is 8.25. The number of aryl methyl sites for hydroxylation is 2. The highest BCUT2D eigenvalue weighted by molar-refractivity contribution is 5.94. The summed E-state index contributed by atoms with van der Waals surface area (Å²) in [4.78, 5) is 24.0. The van der Waals surface area contributed by atoms with Gasteiger partial charge in [0, 0.05) is 17.5 Å². The Kier molecular flexibility index (Phi) is 8.39. The van der Waals surface area contributed by atoms with Gasteiger partial charge in [-0.15, -0.1) is 0 Å². The van der Waals surface area contributed by atoms with Crippen LogP contribution in [0.3, 0.4) is 0 Å². The first kappa shape index (κ1) is 24.2. The van der Waals surface area contributed by atoms with Crippen LogP contribution >= 0.6 is 0 Å². The fourth-order valence-corrected chi connectivity index (χ4v) is 3.96. The molecule has 0 radical (unpaired) electrons. The lowest BCUT2D eigenvalue weighted by atomic mass is 9.89. The number of rotatable bonds is 9. The van der Waals surface area contributed by atoms with Gasteiger partial charge in [0.1, 0.15) is 5.82 Å². The van der Waals surface area contributed by atoms with E-state index in [-0.39, 0.29) is 18.7 Å². The fraction of sp³-hybridized carbons (Fsp3) is 0.333. The number of nitrogens with one attached hydrogen (secondary N) is 2. The number of carbonyl (C=O) groups is 2. The van der Waals surface area contributed by atoms with E-state index in [0.29, 0.717) is 12.0 Å². The van der Waals surface area contributed by atoms with E-state index < -0.39 is 23.7 Å². The quantitative estimate of drug-likeness (QED) is 0.223. The van der Waals surface area contributed by atoms with Crippen LogP contribution in [0.1, 0.15) is 46.3 Å². The van der Waals surface area contributed by atoms with Crippen molar-refractivity contribution in [3.8, 4) is 0 Å². The van der Waals surface area contributed by atoms with Gasteiger partial charge in [-0.2, -0.15) is 0 Å². The van der Waals surface area contributed by atoms with Gasteiger partial charge in [-0.3, -0.25) is 14.8 Å². The Morgan fingerprint density at radius 2 is 1.82 bits per heavy atom. The predicted molar refractivity (Wildman–Crippen MR) is 122 cm³/mol. The Balaban J connectivity index is 1.65. The number of hydrazine groups is 1. The Morgan fingerprint density at radius 3 is 2.52 bits per heavy atom. The van der Waals surface area contributed by atoms with Gasteiger partial charge in [0.25, 0.3) is 5.91 Å². The number of amides is 2. The molecule has 2 amide bonds. The molecule has 1 atom stereocenters. The maximum atomic E-state index is 13.0. The van der Waals surface area contributed by atoms with Crippen molar-refractivity contribution in [1.82, 2.24) is 15.8 Å². The largest absolute Gasteiger partial charge is 0.399 e. The lowest BCUT2D eigenvalue weighted by molar-refractivity contribution is -0.130. The molecule has 7 N–H and O–H groups in total. The zero-order valence-electron chi connectivity index (χ0n) is 18.4. The molecule has 0 saturated carbocycles. The molecular weight excluding hydrogens is 425 g/mol. The van der Waals surface area contributed by atoms with Crippen LogP contribution in [0.5, 0.6) is 0 Å². The summed E-state index contributed by atoms with van der Waals surface area (Å²) in [6, 6.07) is 11.0. The lowest BCUT2D eigenvalue weighted by Gasteiger charge is -2.27. The monoisotopic (exact) mass is 455 g/mol. The van der Waals surface area contributed by atoms with E-state index in [1.807, 2.05) is 6.07 Å². The second kappa shape index (κ2) is 11.4. The highest BCUT2D eigenvalue weighted by Gasteiger charge is 2.20. The van der Waals surface area contributed by atoms with Crippen LogP contribution in [0.4, 0.5) is 4.39 Å². The molecule has 2 aromatic carbocycles. The third-order valence-corrected chi connectivity index (χ3v) is 5.73. The smallest absolute Gasteiger partial charge is 0.251 e. The van der Waals surface area contributed by atoms with Crippen LogP contribution in [0.25, 0.3) is 0 Å². The summed E-state index contributed by atoms with van der Waals surface area (Å²) in [6.45, 7) is 0.0155. The molecule has 0 aromatic heterocycles. The zero-order chi connectivity index (χ0) is 23.8. The first-order valence-corrected chi connectivity index (χ1v) is 10.9. The van der Waals surface area contributed by atoms with Crippen molar-refractivity contribution in [2.75, 3.05) is 6.54 Å². The Morgan fingerprint density at radius 1 is 1.12 bits per heavy atom. The van der Waals surface area contributed by atoms with Crippen molar-refractivity contribution in [3.05, 3.63) is 82.4 Å². The third kappa shape index (κ3) is 7.03. The van der Waals surface area contributed by atoms with Gasteiger partial charge in [0.05, 0.1) is 19.0 Å². The molecule has 1 aliphatic carbocycles. The third-order valence-electron chi connectivity index (χ3n) is 5.73. The summed E-state index contributed by atoms with van der Waals surface area (Å²) >= 11 is 0. The SMILES string of the molecule is N/C(=C\N(N)C(CC(=O)NO)Cc1ccc2c(c1)CCCC2)CNC(=O)c1ccc(F)cc1. The molecule has 0 heterocycles. The van der Waals surface area contributed by atoms with Gasteiger partial charge in [-0.1, -0.05) is 18.2 Å². The summed E-state index contributed by atoms with van der Waals surface area (Å²) in [5, 5.41) is 12.9. The Hall–Kier alpha value is -3.43. The number of benzene rings is 2. The second-order valence-electron chi connectivity index (χ2n) is 8.25. The molecule has 0 fully saturated rings. The van der Waals surface area contributed by atoms with Gasteiger partial charge < -0.3 is 16.1 Å². The highest BCUT2D eigenvalue weighted by atomic mass is 19.1. The van der Waals surface area contributed by atoms with Gasteiger partial charge in [0.15, 0.2) is 0 Å². The van der Waals surface area contributed by atoms with E-state index in [4.69, 9.17) is 16.8 Å². The van der Waals surface area contributed by atoms with Crippen molar-refractivity contribution >= 4 is 11.8 Å². The van der Waals surface area contributed by atoms with Crippen molar-refractivity contribution in [2.24, 2.45) is 11.6 Å². The minimum Gasteiger partial charge on any atom is -0.399 e. The van der Waals surface area contributed by atoms with E-state index in [1.54, 1.807) is 5.48 Å². The number of hydrogen-bond acceptors (Lipinski definition) is 6. The molecule has 0 spiro atoms. The molecule has 1 unspecified atom stereocenters. The van der Waals surface area contributed by atoms with E-state index >= 15 is 0 Å². The van der Waals surface area contributed by atoms with Crippen LogP contribution in [0.2, 0.25) is 0 Å². The number of hydroxylamine groups is 1. The number of fused-ring (bicyclic) bond motifs is 1. The van der Waals surface area contributed by atoms with Crippen molar-refractivity contribution in [2.45, 2.75) is 44.6 Å². The highest BCUT2D eigenvalue weighted by Crippen LogP contribution is 2.23. The van der Waals surface area contributed by atoms with Crippen LogP contribution < -0.4 is 22.4 Å². The molecule has 0 bridgehead atoms. The van der Waals surface area contributed by atoms with E-state index in [1.165, 1.54) is 59.4 Å². The molecule has 33 heavy (non-hydrogen) atoms. The first-order chi connectivity index (χ1) is 15.9. The number of nitrogens with two attached hydrogens (primary N) is 2. The molecule has 0 aliphatic heterocycles. The molecule has 9 heteroatoms. The maximum absolute atomic E-state index is 13.0. The summed E-state index contributed by atoms with van der Waals surface area (Å²) in [6.07, 6.45) is 6.37. The van der Waals surface area contributed by atoms with Crippen LogP contribution in [0.15, 0.2) is 54.4 Å². The average molecular weight is 456 g/mol. The summed E-state index contributed by atoms with van der Waals surface area (Å²) < 4.78 is 13.0. The molecule has 0 saturated heterocycles. The normalized spacial score (nSPS) is 14.2. The van der Waals surface area contributed by atoms with Gasteiger partial charge in [-0.25, -0.2) is 15.7 Å². The van der Waals surface area contributed by atoms with Gasteiger partial charge in [0.2, 0.25) is 5.91 Å². The zero-order valence-corrected chi connectivity index (χ0v) is 18.4. The fourth-order valence-electron chi connectivity index (χ4n) is 3.96. The molecule has 176 valence electrons. The van der Waals surface area contributed by atoms with Gasteiger partial charge >= 0.3 is 0 Å². The topological polar surface area (TPSA) is 134 Å². The molecule has 3 rings (SSSR count). The van der Waals surface area contributed by atoms with E-state index in [2.05, 4.69) is 17.4 Å². The molecule has 2 aromatic rings. The molecular formula is C24H30FN5O3. The average Bonchev–Trinajstić information content (AvgIpc) is 2.82. The Labute approximate surface area is 192 Å². The van der Waals surface area contributed by atoms with Crippen molar-refractivity contribution in [1.29, 1.82) is 0 Å². The number of halogens is 1. The predicted octanol–water partition coefficient (Wildman–Crippen LogP) is 1.92. The van der Waals surface area contributed by atoms with Crippen LogP contribution in [0, 0.1) is 5.82 Å². The number of carbonyl (C=O) groups excluding carboxylic acids is 2. The van der Waals surface area contributed by atoms with Gasteiger partial charge in [-0.05, 0) is 73.1 Å². The summed E-state index contributed by atoms with van der Waals surface area (Å²) in [5.41, 5.74) is 12.0. The summed E-state index contributed by atoms with van der Waals surface area (Å²) in [5.74, 6) is 4.81. The van der Waals surface area contributed by atoms with Crippen molar-refractivity contribution < 1.29 is 19.2 Å². The number of hydrogen-bond donors (Lipinski definition) is 5. The summed E-state index contributed by atoms with van der Waals surface area (Å²) in [7, 11) is 0. The standard InChI is InChI=1S/C24H30FN5O3/c25-20-9-7-18(8-10-20)24(32)28-14-21(26)15-30(27)22(13-23(31)29-33)12-16-5-6-17-3-1-2-4-19(17)11-16/h5-11,15,22,33H,1-4,12-14,26-27H2,(H,28,32)(H,29,31)/b21-15-. The van der Waals surface area contributed by atoms with Crippen molar-refractivity contribution in [3.63, 3.8) is 0 Å². The first-order valence-electron chi connectivity index (χ1n) is 10.9. The minimum atomic E-state index is -0.565. The van der Waals surface area contributed by atoms with Crippen LogP contribution in [-0.4, -0.2) is 34.6 Å². The minimum absolute atomic E-state index is 0.0155. The lowest BCUT2D eigenvalue weighted by Crippen LogP contribution is -2.42. The van der Waals surface area contributed by atoms with E-state index in [9.17, 15) is 14.0 Å². The number of nitrogens with zero attached hydrogens (tertiary/aromatic N) is 1. The Bertz CT molecular complexity index is 1010.